The van der Waals surface area contributed by atoms with Gasteiger partial charge in [0.1, 0.15) is 5.52 Å². The van der Waals surface area contributed by atoms with E-state index in [0.717, 1.165) is 29.8 Å². The summed E-state index contributed by atoms with van der Waals surface area (Å²) in [5.74, 6) is 0.930. The Labute approximate surface area is 122 Å². The van der Waals surface area contributed by atoms with Crippen molar-refractivity contribution in [3.05, 3.63) is 24.3 Å². The van der Waals surface area contributed by atoms with Crippen LogP contribution < -0.4 is 0 Å². The topological polar surface area (TPSA) is 39.9 Å². The molecular weight excluding hydrogens is 278 g/mol. The molecule has 0 N–H and O–H groups in total. The van der Waals surface area contributed by atoms with Gasteiger partial charge in [-0.25, -0.2) is 4.68 Å². The van der Waals surface area contributed by atoms with Crippen molar-refractivity contribution in [3.63, 3.8) is 0 Å². The van der Waals surface area contributed by atoms with E-state index >= 15 is 0 Å². The Balaban J connectivity index is 1.78. The van der Waals surface area contributed by atoms with Crippen LogP contribution in [0.4, 0.5) is 0 Å². The predicted molar refractivity (Wildman–Crippen MR) is 83.4 cm³/mol. The molecule has 1 aromatic heterocycles. The van der Waals surface area contributed by atoms with Gasteiger partial charge in [0.15, 0.2) is 0 Å². The Morgan fingerprint density at radius 2 is 2.21 bits per heavy atom. The Kier molecular flexibility index (Phi) is 5.15. The number of para-hydroxylation sites is 1. The first kappa shape index (κ1) is 14.3. The van der Waals surface area contributed by atoms with Crippen LogP contribution in [-0.4, -0.2) is 31.2 Å². The molecular formula is C13H17N3OS2. The second-order valence-electron chi connectivity index (χ2n) is 4.42. The van der Waals surface area contributed by atoms with E-state index in [2.05, 4.69) is 10.3 Å². The van der Waals surface area contributed by atoms with Crippen molar-refractivity contribution < 1.29 is 4.74 Å². The average molecular weight is 295 g/mol. The molecule has 19 heavy (non-hydrogen) atoms. The van der Waals surface area contributed by atoms with E-state index in [9.17, 15) is 0 Å². The highest BCUT2D eigenvalue weighted by molar-refractivity contribution is 8.22. The molecule has 0 amide bonds. The number of thiocarbonyl (C=S) groups is 1. The van der Waals surface area contributed by atoms with Gasteiger partial charge < -0.3 is 4.74 Å². The number of hydrogen-bond donors (Lipinski definition) is 0. The molecule has 0 saturated heterocycles. The molecule has 102 valence electrons. The van der Waals surface area contributed by atoms with E-state index in [0.29, 0.717) is 4.38 Å². The zero-order valence-corrected chi connectivity index (χ0v) is 12.7. The average Bonchev–Trinajstić information content (AvgIpc) is 2.77. The lowest BCUT2D eigenvalue weighted by molar-refractivity contribution is 0.243. The summed E-state index contributed by atoms with van der Waals surface area (Å²) in [4.78, 5) is 0. The highest BCUT2D eigenvalue weighted by Crippen LogP contribution is 2.13. The Morgan fingerprint density at radius 3 is 3.00 bits per heavy atom. The Hall–Kier alpha value is -1.14. The number of nitrogens with zero attached hydrogens (tertiary/aromatic N) is 3. The van der Waals surface area contributed by atoms with Crippen molar-refractivity contribution in [3.8, 4) is 0 Å². The second kappa shape index (κ2) is 6.86. The monoisotopic (exact) mass is 295 g/mol. The second-order valence-corrected chi connectivity index (χ2v) is 6.12. The van der Waals surface area contributed by atoms with Crippen molar-refractivity contribution in [2.75, 3.05) is 5.75 Å². The Morgan fingerprint density at radius 1 is 1.42 bits per heavy atom. The quantitative estimate of drug-likeness (QED) is 0.625. The van der Waals surface area contributed by atoms with Gasteiger partial charge in [-0.2, -0.15) is 0 Å². The van der Waals surface area contributed by atoms with E-state index in [1.807, 2.05) is 42.8 Å². The fraction of sp³-hybridized carbons (Fsp3) is 0.462. The number of fused-ring (bicyclic) bond motifs is 1. The zero-order chi connectivity index (χ0) is 13.7. The molecule has 4 nitrogen and oxygen atoms in total. The molecule has 0 aliphatic carbocycles. The highest BCUT2D eigenvalue weighted by atomic mass is 32.2. The zero-order valence-electron chi connectivity index (χ0n) is 11.1. The van der Waals surface area contributed by atoms with Crippen LogP contribution in [0.5, 0.6) is 0 Å². The third-order valence-electron chi connectivity index (χ3n) is 2.49. The van der Waals surface area contributed by atoms with Crippen LogP contribution in [0, 0.1) is 0 Å². The number of hydrogen-bond acceptors (Lipinski definition) is 5. The first-order valence-corrected chi connectivity index (χ1v) is 7.68. The molecule has 2 rings (SSSR count). The molecule has 0 unspecified atom stereocenters. The molecule has 0 bridgehead atoms. The summed E-state index contributed by atoms with van der Waals surface area (Å²) >= 11 is 6.71. The molecule has 0 saturated carbocycles. The summed E-state index contributed by atoms with van der Waals surface area (Å²) in [6, 6.07) is 7.98. The minimum absolute atomic E-state index is 0.152. The molecule has 6 heteroatoms. The molecule has 1 heterocycles. The summed E-state index contributed by atoms with van der Waals surface area (Å²) in [7, 11) is 0. The predicted octanol–water partition coefficient (Wildman–Crippen LogP) is 3.26. The van der Waals surface area contributed by atoms with Crippen LogP contribution in [0.1, 0.15) is 20.3 Å². The summed E-state index contributed by atoms with van der Waals surface area (Å²) in [5.41, 5.74) is 2.02. The lowest BCUT2D eigenvalue weighted by Crippen LogP contribution is -2.07. The van der Waals surface area contributed by atoms with E-state index in [1.165, 1.54) is 0 Å². The lowest BCUT2D eigenvalue weighted by Gasteiger charge is -2.09. The third-order valence-corrected chi connectivity index (χ3v) is 3.76. The molecule has 0 fully saturated rings. The highest BCUT2D eigenvalue weighted by Gasteiger charge is 2.04. The number of benzene rings is 1. The summed E-state index contributed by atoms with van der Waals surface area (Å²) < 4.78 is 7.97. The van der Waals surface area contributed by atoms with Crippen LogP contribution in [0.3, 0.4) is 0 Å². The van der Waals surface area contributed by atoms with E-state index in [-0.39, 0.29) is 6.10 Å². The standard InChI is InChI=1S/C13H17N3OS2/c1-10(2)17-13(18)19-9-5-8-16-12-7-4-3-6-11(12)14-15-16/h3-4,6-7,10H,5,8-9H2,1-2H3. The maximum absolute atomic E-state index is 5.42. The minimum atomic E-state index is 0.152. The van der Waals surface area contributed by atoms with Gasteiger partial charge in [-0.3, -0.25) is 0 Å². The third kappa shape index (κ3) is 4.18. The van der Waals surface area contributed by atoms with Crippen LogP contribution in [0.15, 0.2) is 24.3 Å². The molecule has 0 spiro atoms. The van der Waals surface area contributed by atoms with Crippen LogP contribution in [0.25, 0.3) is 11.0 Å². The molecule has 2 aromatic rings. The minimum Gasteiger partial charge on any atom is -0.476 e. The fourth-order valence-corrected chi connectivity index (χ4v) is 2.82. The molecule has 0 atom stereocenters. The van der Waals surface area contributed by atoms with E-state index < -0.39 is 0 Å². The SMILES string of the molecule is CC(C)OC(=S)SCCCn1nnc2ccccc21. The van der Waals surface area contributed by atoms with Gasteiger partial charge in [-0.15, -0.1) is 5.10 Å². The van der Waals surface area contributed by atoms with E-state index in [1.54, 1.807) is 11.8 Å². The number of aryl methyl sites for hydroxylation is 1. The molecule has 1 aromatic carbocycles. The first-order valence-electron chi connectivity index (χ1n) is 6.28. The lowest BCUT2D eigenvalue weighted by atomic mass is 10.3. The maximum Gasteiger partial charge on any atom is 0.220 e. The summed E-state index contributed by atoms with van der Waals surface area (Å²) in [6.07, 6.45) is 1.14. The van der Waals surface area contributed by atoms with Crippen LogP contribution in [0.2, 0.25) is 0 Å². The van der Waals surface area contributed by atoms with Gasteiger partial charge in [0, 0.05) is 12.3 Å². The largest absolute Gasteiger partial charge is 0.476 e. The fourth-order valence-electron chi connectivity index (χ4n) is 1.68. The van der Waals surface area contributed by atoms with Gasteiger partial charge in [-0.1, -0.05) is 29.1 Å². The van der Waals surface area contributed by atoms with Crippen molar-refractivity contribution in [1.82, 2.24) is 15.0 Å². The van der Waals surface area contributed by atoms with Crippen molar-refractivity contribution in [1.29, 1.82) is 0 Å². The van der Waals surface area contributed by atoms with Crippen molar-refractivity contribution in [2.45, 2.75) is 32.9 Å². The normalized spacial score (nSPS) is 11.1. The van der Waals surface area contributed by atoms with Gasteiger partial charge in [0.2, 0.25) is 4.38 Å². The number of ether oxygens (including phenoxy) is 1. The number of aromatic nitrogens is 3. The number of rotatable bonds is 5. The molecule has 0 aliphatic rings. The van der Waals surface area contributed by atoms with Gasteiger partial charge >= 0.3 is 0 Å². The van der Waals surface area contributed by atoms with Crippen molar-refractivity contribution in [2.24, 2.45) is 0 Å². The molecule has 0 aliphatic heterocycles. The summed E-state index contributed by atoms with van der Waals surface area (Å²) in [5, 5.41) is 8.28. The van der Waals surface area contributed by atoms with Gasteiger partial charge in [-0.05, 0) is 44.6 Å². The van der Waals surface area contributed by atoms with Gasteiger partial charge in [0.25, 0.3) is 0 Å². The van der Waals surface area contributed by atoms with E-state index in [4.69, 9.17) is 17.0 Å². The van der Waals surface area contributed by atoms with Crippen LogP contribution in [-0.2, 0) is 11.3 Å². The first-order chi connectivity index (χ1) is 9.16. The van der Waals surface area contributed by atoms with Gasteiger partial charge in [0.05, 0.1) is 11.6 Å². The van der Waals surface area contributed by atoms with Crippen LogP contribution >= 0.6 is 24.0 Å². The Bertz CT molecular complexity index is 554. The molecule has 0 radical (unpaired) electrons. The maximum atomic E-state index is 5.42. The van der Waals surface area contributed by atoms with Crippen molar-refractivity contribution >= 4 is 39.4 Å². The summed E-state index contributed by atoms with van der Waals surface area (Å²) in [6.45, 7) is 4.81. The smallest absolute Gasteiger partial charge is 0.220 e. The number of thioether (sulfide) groups is 1.